The summed E-state index contributed by atoms with van der Waals surface area (Å²) in [6, 6.07) is 15.0. The van der Waals surface area contributed by atoms with E-state index in [0.717, 1.165) is 17.9 Å². The Hall–Kier alpha value is -2.58. The second-order valence-corrected chi connectivity index (χ2v) is 9.66. The van der Waals surface area contributed by atoms with E-state index in [2.05, 4.69) is 15.6 Å². The molecule has 1 aliphatic rings. The summed E-state index contributed by atoms with van der Waals surface area (Å²) < 4.78 is 32.3. The Labute approximate surface area is 179 Å². The molecule has 0 aromatic heterocycles. The molecule has 0 aliphatic heterocycles. The maximum Gasteiger partial charge on any atom is 0.242 e. The average molecular weight is 431 g/mol. The Morgan fingerprint density at radius 3 is 2.27 bits per heavy atom. The monoisotopic (exact) mass is 430 g/mol. The minimum absolute atomic E-state index is 0.289. The van der Waals surface area contributed by atoms with Gasteiger partial charge < -0.3 is 15.4 Å². The minimum Gasteiger partial charge on any atom is -0.493 e. The first-order valence-corrected chi connectivity index (χ1v) is 11.5. The second kappa shape index (κ2) is 9.95. The molecule has 0 radical (unpaired) electrons. The molecule has 0 heterocycles. The van der Waals surface area contributed by atoms with Gasteiger partial charge in [-0.25, -0.2) is 12.7 Å². The van der Waals surface area contributed by atoms with E-state index in [1.807, 2.05) is 30.3 Å². The summed E-state index contributed by atoms with van der Waals surface area (Å²) in [5.74, 6) is 2.16. The number of ether oxygens (including phenoxy) is 1. The minimum atomic E-state index is -3.51. The summed E-state index contributed by atoms with van der Waals surface area (Å²) in [6.45, 7) is 1.65. The van der Waals surface area contributed by atoms with Gasteiger partial charge >= 0.3 is 0 Å². The number of guanidine groups is 1. The molecule has 0 spiro atoms. The molecule has 0 atom stereocenters. The first-order chi connectivity index (χ1) is 14.4. The first kappa shape index (κ1) is 22.1. The number of sulfonamides is 1. The van der Waals surface area contributed by atoms with Crippen LogP contribution >= 0.6 is 0 Å². The maximum absolute atomic E-state index is 12.6. The van der Waals surface area contributed by atoms with Gasteiger partial charge in [-0.15, -0.1) is 0 Å². The third-order valence-electron chi connectivity index (χ3n) is 4.99. The largest absolute Gasteiger partial charge is 0.493 e. The van der Waals surface area contributed by atoms with Crippen molar-refractivity contribution < 1.29 is 13.2 Å². The van der Waals surface area contributed by atoms with Crippen molar-refractivity contribution in [3.8, 4) is 5.75 Å². The van der Waals surface area contributed by atoms with Gasteiger partial charge in [-0.3, -0.25) is 4.99 Å². The second-order valence-electron chi connectivity index (χ2n) is 7.54. The zero-order chi connectivity index (χ0) is 21.6. The lowest BCUT2D eigenvalue weighted by atomic mass is 10.2. The quantitative estimate of drug-likeness (QED) is 0.472. The van der Waals surface area contributed by atoms with Crippen LogP contribution in [0.3, 0.4) is 0 Å². The normalized spacial score (nSPS) is 14.6. The molecule has 0 unspecified atom stereocenters. The van der Waals surface area contributed by atoms with Crippen molar-refractivity contribution in [2.24, 2.45) is 10.9 Å². The smallest absolute Gasteiger partial charge is 0.242 e. The van der Waals surface area contributed by atoms with E-state index in [0.29, 0.717) is 30.5 Å². The molecule has 1 fully saturated rings. The van der Waals surface area contributed by atoms with Crippen LogP contribution in [0.5, 0.6) is 5.75 Å². The topological polar surface area (TPSA) is 83.0 Å². The number of rotatable bonds is 9. The zero-order valence-electron chi connectivity index (χ0n) is 17.8. The van der Waals surface area contributed by atoms with Crippen LogP contribution in [-0.4, -0.2) is 46.4 Å². The van der Waals surface area contributed by atoms with Crippen molar-refractivity contribution in [3.05, 3.63) is 59.7 Å². The SMILES string of the molecule is CN=C(NCc1ccccc1OCC1CC1)NCc1ccccc1S(=O)(=O)N(C)C. The van der Waals surface area contributed by atoms with Gasteiger partial charge in [0.1, 0.15) is 5.75 Å². The summed E-state index contributed by atoms with van der Waals surface area (Å²) in [4.78, 5) is 4.54. The number of benzene rings is 2. The average Bonchev–Trinajstić information content (AvgIpc) is 3.57. The van der Waals surface area contributed by atoms with Gasteiger partial charge in [0.25, 0.3) is 0 Å². The Kier molecular flexibility index (Phi) is 7.33. The Morgan fingerprint density at radius 2 is 1.63 bits per heavy atom. The summed E-state index contributed by atoms with van der Waals surface area (Å²) in [6.07, 6.45) is 2.50. The molecule has 0 saturated heterocycles. The summed E-state index contributed by atoms with van der Waals surface area (Å²) >= 11 is 0. The summed E-state index contributed by atoms with van der Waals surface area (Å²) in [7, 11) is 1.23. The fraction of sp³-hybridized carbons (Fsp3) is 0.409. The number of hydrogen-bond donors (Lipinski definition) is 2. The van der Waals surface area contributed by atoms with Crippen LogP contribution in [0.4, 0.5) is 0 Å². The number of aliphatic imine (C=N–C) groups is 1. The van der Waals surface area contributed by atoms with E-state index in [9.17, 15) is 8.42 Å². The Balaban J connectivity index is 1.62. The highest BCUT2D eigenvalue weighted by Crippen LogP contribution is 2.30. The molecule has 2 aromatic carbocycles. The number of nitrogens with zero attached hydrogens (tertiary/aromatic N) is 2. The van der Waals surface area contributed by atoms with Gasteiger partial charge in [0.2, 0.25) is 10.0 Å². The van der Waals surface area contributed by atoms with E-state index in [4.69, 9.17) is 4.74 Å². The molecular weight excluding hydrogens is 400 g/mol. The maximum atomic E-state index is 12.6. The van der Waals surface area contributed by atoms with Crippen LogP contribution in [0.1, 0.15) is 24.0 Å². The van der Waals surface area contributed by atoms with Crippen molar-refractivity contribution >= 4 is 16.0 Å². The first-order valence-electron chi connectivity index (χ1n) is 10.1. The molecule has 0 amide bonds. The molecule has 8 heteroatoms. The number of nitrogens with one attached hydrogen (secondary N) is 2. The Bertz CT molecular complexity index is 985. The van der Waals surface area contributed by atoms with Gasteiger partial charge in [-0.2, -0.15) is 0 Å². The molecular formula is C22H30N4O3S. The fourth-order valence-electron chi connectivity index (χ4n) is 2.96. The molecule has 2 aromatic rings. The highest BCUT2D eigenvalue weighted by molar-refractivity contribution is 7.89. The lowest BCUT2D eigenvalue weighted by Gasteiger charge is -2.17. The molecule has 3 rings (SSSR count). The van der Waals surface area contributed by atoms with E-state index in [-0.39, 0.29) is 4.90 Å². The lowest BCUT2D eigenvalue weighted by molar-refractivity contribution is 0.296. The molecule has 2 N–H and O–H groups in total. The van der Waals surface area contributed by atoms with Crippen LogP contribution in [0, 0.1) is 5.92 Å². The molecule has 1 aliphatic carbocycles. The molecule has 0 bridgehead atoms. The van der Waals surface area contributed by atoms with Crippen LogP contribution in [0.25, 0.3) is 0 Å². The fourth-order valence-corrected chi connectivity index (χ4v) is 4.08. The van der Waals surface area contributed by atoms with Crippen LogP contribution in [0.15, 0.2) is 58.4 Å². The third kappa shape index (κ3) is 5.73. The lowest BCUT2D eigenvalue weighted by Crippen LogP contribution is -2.37. The van der Waals surface area contributed by atoms with E-state index < -0.39 is 10.0 Å². The van der Waals surface area contributed by atoms with Crippen molar-refractivity contribution in [1.29, 1.82) is 0 Å². The summed E-state index contributed by atoms with van der Waals surface area (Å²) in [5, 5.41) is 6.48. The van der Waals surface area contributed by atoms with Gasteiger partial charge in [0.05, 0.1) is 11.5 Å². The predicted octanol–water partition coefficient (Wildman–Crippen LogP) is 2.59. The van der Waals surface area contributed by atoms with E-state index in [1.165, 1.54) is 31.2 Å². The zero-order valence-corrected chi connectivity index (χ0v) is 18.6. The number of para-hydroxylation sites is 1. The molecule has 7 nitrogen and oxygen atoms in total. The standard InChI is InChI=1S/C22H30N4O3S/c1-23-22(24-14-18-8-4-6-10-20(18)29-16-17-12-13-17)25-15-19-9-5-7-11-21(19)30(27,28)26(2)3/h4-11,17H,12-16H2,1-3H3,(H2,23,24,25). The predicted molar refractivity (Wildman–Crippen MR) is 119 cm³/mol. The molecule has 1 saturated carbocycles. The highest BCUT2D eigenvalue weighted by atomic mass is 32.2. The van der Waals surface area contributed by atoms with Gasteiger partial charge in [-0.05, 0) is 36.5 Å². The van der Waals surface area contributed by atoms with Gasteiger partial charge in [0.15, 0.2) is 5.96 Å². The van der Waals surface area contributed by atoms with Crippen molar-refractivity contribution in [2.75, 3.05) is 27.7 Å². The molecule has 30 heavy (non-hydrogen) atoms. The highest BCUT2D eigenvalue weighted by Gasteiger charge is 2.22. The van der Waals surface area contributed by atoms with Crippen molar-refractivity contribution in [2.45, 2.75) is 30.8 Å². The Morgan fingerprint density at radius 1 is 1.03 bits per heavy atom. The van der Waals surface area contributed by atoms with E-state index >= 15 is 0 Å². The van der Waals surface area contributed by atoms with Crippen LogP contribution in [-0.2, 0) is 23.1 Å². The van der Waals surface area contributed by atoms with Crippen LogP contribution in [0.2, 0.25) is 0 Å². The molecule has 162 valence electrons. The summed E-state index contributed by atoms with van der Waals surface area (Å²) in [5.41, 5.74) is 1.74. The van der Waals surface area contributed by atoms with Crippen molar-refractivity contribution in [3.63, 3.8) is 0 Å². The number of hydrogen-bond acceptors (Lipinski definition) is 4. The van der Waals surface area contributed by atoms with E-state index in [1.54, 1.807) is 25.2 Å². The van der Waals surface area contributed by atoms with Crippen LogP contribution < -0.4 is 15.4 Å². The third-order valence-corrected chi connectivity index (χ3v) is 6.91. The van der Waals surface area contributed by atoms with Gasteiger partial charge in [0, 0.05) is 39.8 Å². The van der Waals surface area contributed by atoms with Gasteiger partial charge in [-0.1, -0.05) is 36.4 Å². The van der Waals surface area contributed by atoms with Crippen molar-refractivity contribution in [1.82, 2.24) is 14.9 Å².